The van der Waals surface area contributed by atoms with Gasteiger partial charge in [-0.05, 0) is 25.2 Å². The van der Waals surface area contributed by atoms with Crippen molar-refractivity contribution in [3.63, 3.8) is 0 Å². The molecule has 0 aromatic carbocycles. The SMILES string of the molecule is CCC(O)CN1CCC(OCCC(C)C)C1. The Kier molecular flexibility index (Phi) is 6.32. The number of aliphatic hydroxyl groups excluding tert-OH is 1. The lowest BCUT2D eigenvalue weighted by molar-refractivity contribution is 0.0468. The maximum absolute atomic E-state index is 9.57. The smallest absolute Gasteiger partial charge is 0.0714 e. The van der Waals surface area contributed by atoms with E-state index in [0.717, 1.165) is 51.4 Å². The van der Waals surface area contributed by atoms with E-state index in [1.54, 1.807) is 0 Å². The van der Waals surface area contributed by atoms with Crippen LogP contribution < -0.4 is 0 Å². The lowest BCUT2D eigenvalue weighted by atomic mass is 10.1. The summed E-state index contributed by atoms with van der Waals surface area (Å²) in [6.07, 6.45) is 3.33. The van der Waals surface area contributed by atoms with E-state index in [1.165, 1.54) is 0 Å². The number of likely N-dealkylation sites (tertiary alicyclic amines) is 1. The summed E-state index contributed by atoms with van der Waals surface area (Å²) in [6, 6.07) is 0. The van der Waals surface area contributed by atoms with Crippen LogP contribution in [0, 0.1) is 5.92 Å². The van der Waals surface area contributed by atoms with Crippen LogP contribution in [0.3, 0.4) is 0 Å². The molecule has 0 spiro atoms. The van der Waals surface area contributed by atoms with E-state index >= 15 is 0 Å². The Hall–Kier alpha value is -0.120. The fourth-order valence-electron chi connectivity index (χ4n) is 2.00. The van der Waals surface area contributed by atoms with Gasteiger partial charge in [0.2, 0.25) is 0 Å². The van der Waals surface area contributed by atoms with Crippen LogP contribution in [-0.4, -0.2) is 48.5 Å². The topological polar surface area (TPSA) is 32.7 Å². The van der Waals surface area contributed by atoms with Crippen molar-refractivity contribution in [2.24, 2.45) is 5.92 Å². The van der Waals surface area contributed by atoms with Gasteiger partial charge in [-0.15, -0.1) is 0 Å². The number of hydrogen-bond acceptors (Lipinski definition) is 3. The van der Waals surface area contributed by atoms with Crippen LogP contribution in [0.2, 0.25) is 0 Å². The Labute approximate surface area is 99.8 Å². The van der Waals surface area contributed by atoms with Crippen LogP contribution in [0.15, 0.2) is 0 Å². The fraction of sp³-hybridized carbons (Fsp3) is 1.00. The Morgan fingerprint density at radius 3 is 2.81 bits per heavy atom. The minimum absolute atomic E-state index is 0.172. The molecule has 96 valence electrons. The summed E-state index contributed by atoms with van der Waals surface area (Å²) >= 11 is 0. The van der Waals surface area contributed by atoms with Gasteiger partial charge in [-0.3, -0.25) is 4.90 Å². The van der Waals surface area contributed by atoms with Crippen LogP contribution in [0.1, 0.15) is 40.0 Å². The maximum atomic E-state index is 9.57. The number of nitrogens with zero attached hydrogens (tertiary/aromatic N) is 1. The predicted octanol–water partition coefficient (Wildman–Crippen LogP) is 1.89. The van der Waals surface area contributed by atoms with Crippen LogP contribution >= 0.6 is 0 Å². The molecule has 1 N–H and O–H groups in total. The third kappa shape index (κ3) is 5.28. The molecule has 2 unspecified atom stereocenters. The van der Waals surface area contributed by atoms with Gasteiger partial charge in [-0.2, -0.15) is 0 Å². The zero-order valence-corrected chi connectivity index (χ0v) is 11.0. The molecule has 0 aromatic heterocycles. The molecule has 0 bridgehead atoms. The largest absolute Gasteiger partial charge is 0.392 e. The van der Waals surface area contributed by atoms with Crippen molar-refractivity contribution in [1.29, 1.82) is 0 Å². The molecule has 2 atom stereocenters. The normalized spacial score (nSPS) is 24.2. The summed E-state index contributed by atoms with van der Waals surface area (Å²) in [4.78, 5) is 2.31. The molecule has 0 aromatic rings. The molecular weight excluding hydrogens is 202 g/mol. The number of aliphatic hydroxyl groups is 1. The highest BCUT2D eigenvalue weighted by molar-refractivity contribution is 4.77. The average molecular weight is 229 g/mol. The summed E-state index contributed by atoms with van der Waals surface area (Å²) in [5, 5.41) is 9.57. The van der Waals surface area contributed by atoms with E-state index in [2.05, 4.69) is 18.7 Å². The minimum atomic E-state index is -0.172. The third-order valence-electron chi connectivity index (χ3n) is 3.22. The maximum Gasteiger partial charge on any atom is 0.0714 e. The first-order chi connectivity index (χ1) is 7.61. The standard InChI is InChI=1S/C13H27NO2/c1-4-12(15)9-14-7-5-13(10-14)16-8-6-11(2)3/h11-13,15H,4-10H2,1-3H3. The molecule has 3 heteroatoms. The van der Waals surface area contributed by atoms with Crippen LogP contribution in [0.25, 0.3) is 0 Å². The summed E-state index contributed by atoms with van der Waals surface area (Å²) in [5.74, 6) is 0.722. The first-order valence-electron chi connectivity index (χ1n) is 6.63. The number of ether oxygens (including phenoxy) is 1. The Bertz CT molecular complexity index is 185. The molecule has 1 saturated heterocycles. The number of β-amino-alcohol motifs (C(OH)–C–C–N with tert-alkyl or cyclic N) is 1. The number of rotatable bonds is 7. The van der Waals surface area contributed by atoms with Crippen molar-refractivity contribution in [3.8, 4) is 0 Å². The highest BCUT2D eigenvalue weighted by Crippen LogP contribution is 2.14. The zero-order chi connectivity index (χ0) is 12.0. The molecule has 1 aliphatic rings. The molecule has 0 aliphatic carbocycles. The second-order valence-electron chi connectivity index (χ2n) is 5.29. The number of hydrogen-bond donors (Lipinski definition) is 1. The van der Waals surface area contributed by atoms with Crippen molar-refractivity contribution >= 4 is 0 Å². The molecule has 0 amide bonds. The molecule has 0 radical (unpaired) electrons. The molecular formula is C13H27NO2. The molecule has 3 nitrogen and oxygen atoms in total. The summed E-state index contributed by atoms with van der Waals surface area (Å²) in [7, 11) is 0. The van der Waals surface area contributed by atoms with Gasteiger partial charge in [-0.25, -0.2) is 0 Å². The highest BCUT2D eigenvalue weighted by Gasteiger charge is 2.23. The van der Waals surface area contributed by atoms with Gasteiger partial charge in [0.05, 0.1) is 12.2 Å². The minimum Gasteiger partial charge on any atom is -0.392 e. The fourth-order valence-corrected chi connectivity index (χ4v) is 2.00. The van der Waals surface area contributed by atoms with Gasteiger partial charge in [0.15, 0.2) is 0 Å². The molecule has 0 saturated carbocycles. The molecule has 16 heavy (non-hydrogen) atoms. The Morgan fingerprint density at radius 2 is 2.19 bits per heavy atom. The second-order valence-corrected chi connectivity index (χ2v) is 5.29. The molecule has 1 rings (SSSR count). The van der Waals surface area contributed by atoms with Gasteiger partial charge < -0.3 is 9.84 Å². The summed E-state index contributed by atoms with van der Waals surface area (Å²) in [5.41, 5.74) is 0. The second kappa shape index (κ2) is 7.25. The quantitative estimate of drug-likeness (QED) is 0.723. The highest BCUT2D eigenvalue weighted by atomic mass is 16.5. The van der Waals surface area contributed by atoms with Gasteiger partial charge in [-0.1, -0.05) is 20.8 Å². The van der Waals surface area contributed by atoms with E-state index in [0.29, 0.717) is 6.10 Å². The lowest BCUT2D eigenvalue weighted by Crippen LogP contribution is -2.31. The van der Waals surface area contributed by atoms with E-state index in [9.17, 15) is 5.11 Å². The molecule has 1 aliphatic heterocycles. The first kappa shape index (κ1) is 13.9. The van der Waals surface area contributed by atoms with E-state index in [1.807, 2.05) is 6.92 Å². The van der Waals surface area contributed by atoms with Crippen molar-refractivity contribution in [2.75, 3.05) is 26.2 Å². The molecule has 1 heterocycles. The van der Waals surface area contributed by atoms with E-state index in [4.69, 9.17) is 4.74 Å². The van der Waals surface area contributed by atoms with Crippen molar-refractivity contribution in [3.05, 3.63) is 0 Å². The van der Waals surface area contributed by atoms with Gasteiger partial charge in [0.25, 0.3) is 0 Å². The Morgan fingerprint density at radius 1 is 1.44 bits per heavy atom. The van der Waals surface area contributed by atoms with Gasteiger partial charge >= 0.3 is 0 Å². The summed E-state index contributed by atoms with van der Waals surface area (Å²) < 4.78 is 5.84. The van der Waals surface area contributed by atoms with Crippen molar-refractivity contribution < 1.29 is 9.84 Å². The van der Waals surface area contributed by atoms with Crippen LogP contribution in [-0.2, 0) is 4.74 Å². The zero-order valence-electron chi connectivity index (χ0n) is 11.0. The van der Waals surface area contributed by atoms with Crippen molar-refractivity contribution in [1.82, 2.24) is 4.90 Å². The summed E-state index contributed by atoms with van der Waals surface area (Å²) in [6.45, 7) is 10.2. The average Bonchev–Trinajstić information content (AvgIpc) is 2.65. The van der Waals surface area contributed by atoms with Crippen LogP contribution in [0.4, 0.5) is 0 Å². The third-order valence-corrected chi connectivity index (χ3v) is 3.22. The van der Waals surface area contributed by atoms with E-state index in [-0.39, 0.29) is 6.10 Å². The predicted molar refractivity (Wildman–Crippen MR) is 66.5 cm³/mol. The van der Waals surface area contributed by atoms with Crippen LogP contribution in [0.5, 0.6) is 0 Å². The Balaban J connectivity index is 2.10. The van der Waals surface area contributed by atoms with E-state index < -0.39 is 0 Å². The van der Waals surface area contributed by atoms with Gasteiger partial charge in [0.1, 0.15) is 0 Å². The first-order valence-corrected chi connectivity index (χ1v) is 6.63. The lowest BCUT2D eigenvalue weighted by Gasteiger charge is -2.19. The molecule has 1 fully saturated rings. The monoisotopic (exact) mass is 229 g/mol. The van der Waals surface area contributed by atoms with Gasteiger partial charge in [0, 0.05) is 26.2 Å². The van der Waals surface area contributed by atoms with Crippen molar-refractivity contribution in [2.45, 2.75) is 52.2 Å².